The first-order valence-corrected chi connectivity index (χ1v) is 5.44. The molecule has 4 nitrogen and oxygen atoms in total. The number of benzene rings is 1. The van der Waals surface area contributed by atoms with Crippen LogP contribution in [0.1, 0.15) is 11.3 Å². The number of hydrogen-bond donors (Lipinski definition) is 1. The lowest BCUT2D eigenvalue weighted by Gasteiger charge is -1.93. The molecule has 90 valence electrons. The van der Waals surface area contributed by atoms with E-state index < -0.39 is 0 Å². The Balaban J connectivity index is 1.84. The fourth-order valence-corrected chi connectivity index (χ4v) is 1.30. The van der Waals surface area contributed by atoms with Gasteiger partial charge in [0, 0.05) is 6.08 Å². The molecule has 1 heterocycles. The molecule has 0 fully saturated rings. The van der Waals surface area contributed by atoms with E-state index >= 15 is 0 Å². The molecule has 0 spiro atoms. The number of amides is 1. The molecule has 2 aromatic rings. The second-order valence-electron chi connectivity index (χ2n) is 3.49. The standard InChI is InChI=1S/C14H12N2O2/c17-14(9-8-12-5-2-1-3-6-12)16-15-11-13-7-4-10-18-13/h1-11H,(H,16,17)/b9-8+,15-11?. The summed E-state index contributed by atoms with van der Waals surface area (Å²) in [5.74, 6) is 0.295. The van der Waals surface area contributed by atoms with E-state index in [2.05, 4.69) is 10.5 Å². The van der Waals surface area contributed by atoms with E-state index in [-0.39, 0.29) is 5.91 Å². The van der Waals surface area contributed by atoms with Crippen LogP contribution in [0.15, 0.2) is 64.3 Å². The van der Waals surface area contributed by atoms with Gasteiger partial charge >= 0.3 is 0 Å². The van der Waals surface area contributed by atoms with Gasteiger partial charge in [0.15, 0.2) is 0 Å². The zero-order valence-electron chi connectivity index (χ0n) is 9.61. The number of hydrazone groups is 1. The summed E-state index contributed by atoms with van der Waals surface area (Å²) in [7, 11) is 0. The highest BCUT2D eigenvalue weighted by Gasteiger charge is 1.92. The van der Waals surface area contributed by atoms with Crippen molar-refractivity contribution in [3.8, 4) is 0 Å². The molecular weight excluding hydrogens is 228 g/mol. The van der Waals surface area contributed by atoms with Gasteiger partial charge < -0.3 is 4.42 Å². The maximum absolute atomic E-state index is 11.4. The van der Waals surface area contributed by atoms with Crippen LogP contribution in [-0.4, -0.2) is 12.1 Å². The number of nitrogens with one attached hydrogen (secondary N) is 1. The lowest BCUT2D eigenvalue weighted by molar-refractivity contribution is -0.116. The Hall–Kier alpha value is -2.62. The van der Waals surface area contributed by atoms with Gasteiger partial charge in [0.1, 0.15) is 5.76 Å². The van der Waals surface area contributed by atoms with Gasteiger partial charge in [0.25, 0.3) is 5.91 Å². The fourth-order valence-electron chi connectivity index (χ4n) is 1.30. The molecule has 0 saturated heterocycles. The van der Waals surface area contributed by atoms with Crippen molar-refractivity contribution in [2.45, 2.75) is 0 Å². The van der Waals surface area contributed by atoms with Crippen LogP contribution in [0.2, 0.25) is 0 Å². The molecule has 1 amide bonds. The van der Waals surface area contributed by atoms with Crippen LogP contribution in [0.3, 0.4) is 0 Å². The van der Waals surface area contributed by atoms with Crippen LogP contribution < -0.4 is 5.43 Å². The Kier molecular flexibility index (Phi) is 4.08. The molecule has 0 saturated carbocycles. The van der Waals surface area contributed by atoms with Crippen molar-refractivity contribution in [1.29, 1.82) is 0 Å². The molecule has 1 N–H and O–H groups in total. The molecule has 0 radical (unpaired) electrons. The van der Waals surface area contributed by atoms with Crippen LogP contribution in [0.4, 0.5) is 0 Å². The van der Waals surface area contributed by atoms with Gasteiger partial charge in [-0.25, -0.2) is 5.43 Å². The third-order valence-electron chi connectivity index (χ3n) is 2.14. The number of carbonyl (C=O) groups excluding carboxylic acids is 1. The second kappa shape index (κ2) is 6.20. The minimum atomic E-state index is -0.290. The van der Waals surface area contributed by atoms with Gasteiger partial charge in [-0.2, -0.15) is 5.10 Å². The molecule has 0 aliphatic carbocycles. The molecule has 4 heteroatoms. The first-order chi connectivity index (χ1) is 8.84. The minimum absolute atomic E-state index is 0.290. The van der Waals surface area contributed by atoms with E-state index in [0.29, 0.717) is 5.76 Å². The summed E-state index contributed by atoms with van der Waals surface area (Å²) in [4.78, 5) is 11.4. The van der Waals surface area contributed by atoms with Gasteiger partial charge in [0.2, 0.25) is 0 Å². The smallest absolute Gasteiger partial charge is 0.264 e. The summed E-state index contributed by atoms with van der Waals surface area (Å²) >= 11 is 0. The summed E-state index contributed by atoms with van der Waals surface area (Å²) in [5.41, 5.74) is 3.34. The van der Waals surface area contributed by atoms with Crippen molar-refractivity contribution in [3.05, 3.63) is 66.1 Å². The maximum atomic E-state index is 11.4. The maximum Gasteiger partial charge on any atom is 0.264 e. The van der Waals surface area contributed by atoms with Crippen LogP contribution in [0, 0.1) is 0 Å². The van der Waals surface area contributed by atoms with Crippen molar-refractivity contribution in [2.75, 3.05) is 0 Å². The summed E-state index contributed by atoms with van der Waals surface area (Å²) in [6, 6.07) is 13.1. The van der Waals surface area contributed by atoms with E-state index in [1.165, 1.54) is 12.3 Å². The molecule has 0 unspecified atom stereocenters. The average Bonchev–Trinajstić information content (AvgIpc) is 2.91. The van der Waals surface area contributed by atoms with Crippen molar-refractivity contribution < 1.29 is 9.21 Å². The van der Waals surface area contributed by atoms with Gasteiger partial charge in [-0.15, -0.1) is 0 Å². The fraction of sp³-hybridized carbons (Fsp3) is 0. The van der Waals surface area contributed by atoms with Crippen molar-refractivity contribution in [2.24, 2.45) is 5.10 Å². The van der Waals surface area contributed by atoms with Crippen molar-refractivity contribution >= 4 is 18.2 Å². The number of furan rings is 1. The summed E-state index contributed by atoms with van der Waals surface area (Å²) in [6.07, 6.45) is 6.12. The SMILES string of the molecule is O=C(/C=C/c1ccccc1)NN=Cc1ccco1. The Morgan fingerprint density at radius 1 is 1.17 bits per heavy atom. The molecule has 1 aromatic heterocycles. The first-order valence-electron chi connectivity index (χ1n) is 5.44. The third kappa shape index (κ3) is 3.75. The highest BCUT2D eigenvalue weighted by molar-refractivity contribution is 5.92. The van der Waals surface area contributed by atoms with E-state index in [9.17, 15) is 4.79 Å². The quantitative estimate of drug-likeness (QED) is 0.507. The second-order valence-corrected chi connectivity index (χ2v) is 3.49. The zero-order valence-corrected chi connectivity index (χ0v) is 9.61. The lowest BCUT2D eigenvalue weighted by atomic mass is 10.2. The third-order valence-corrected chi connectivity index (χ3v) is 2.14. The van der Waals surface area contributed by atoms with Crippen LogP contribution in [0.5, 0.6) is 0 Å². The normalized spacial score (nSPS) is 11.1. The highest BCUT2D eigenvalue weighted by atomic mass is 16.3. The van der Waals surface area contributed by atoms with E-state index in [4.69, 9.17) is 4.42 Å². The Morgan fingerprint density at radius 2 is 2.00 bits per heavy atom. The van der Waals surface area contributed by atoms with Crippen molar-refractivity contribution in [3.63, 3.8) is 0 Å². The molecule has 18 heavy (non-hydrogen) atoms. The molecule has 0 atom stereocenters. The molecule has 0 aliphatic heterocycles. The molecular formula is C14H12N2O2. The lowest BCUT2D eigenvalue weighted by Crippen LogP contribution is -2.13. The number of nitrogens with zero attached hydrogens (tertiary/aromatic N) is 1. The number of rotatable bonds is 4. The summed E-state index contributed by atoms with van der Waals surface area (Å²) in [5, 5.41) is 3.76. The van der Waals surface area contributed by atoms with Gasteiger partial charge in [-0.1, -0.05) is 30.3 Å². The van der Waals surface area contributed by atoms with E-state index in [0.717, 1.165) is 5.56 Å². The Labute approximate surface area is 105 Å². The van der Waals surface area contributed by atoms with E-state index in [1.807, 2.05) is 30.3 Å². The summed E-state index contributed by atoms with van der Waals surface area (Å²) in [6.45, 7) is 0. The first kappa shape index (κ1) is 11.9. The van der Waals surface area contributed by atoms with E-state index in [1.54, 1.807) is 24.5 Å². The molecule has 0 aliphatic rings. The zero-order chi connectivity index (χ0) is 12.6. The number of hydrogen-bond acceptors (Lipinski definition) is 3. The number of carbonyl (C=O) groups is 1. The van der Waals surface area contributed by atoms with Crippen LogP contribution >= 0.6 is 0 Å². The van der Waals surface area contributed by atoms with Gasteiger partial charge in [-0.05, 0) is 23.8 Å². The molecule has 1 aromatic carbocycles. The topological polar surface area (TPSA) is 54.6 Å². The van der Waals surface area contributed by atoms with Gasteiger partial charge in [-0.3, -0.25) is 4.79 Å². The largest absolute Gasteiger partial charge is 0.463 e. The van der Waals surface area contributed by atoms with Crippen LogP contribution in [0.25, 0.3) is 6.08 Å². The average molecular weight is 240 g/mol. The highest BCUT2D eigenvalue weighted by Crippen LogP contribution is 2.00. The Bertz CT molecular complexity index is 542. The molecule has 2 rings (SSSR count). The van der Waals surface area contributed by atoms with Gasteiger partial charge in [0.05, 0.1) is 12.5 Å². The monoisotopic (exact) mass is 240 g/mol. The summed E-state index contributed by atoms with van der Waals surface area (Å²) < 4.78 is 5.03. The predicted octanol–water partition coefficient (Wildman–Crippen LogP) is 2.44. The van der Waals surface area contributed by atoms with Crippen LogP contribution in [-0.2, 0) is 4.79 Å². The van der Waals surface area contributed by atoms with Crippen molar-refractivity contribution in [1.82, 2.24) is 5.43 Å². The minimum Gasteiger partial charge on any atom is -0.463 e. The molecule has 0 bridgehead atoms. The predicted molar refractivity (Wildman–Crippen MR) is 69.9 cm³/mol. The Morgan fingerprint density at radius 3 is 2.72 bits per heavy atom.